The van der Waals surface area contributed by atoms with E-state index in [9.17, 15) is 28.8 Å². The van der Waals surface area contributed by atoms with Crippen LogP contribution in [0.4, 0.5) is 9.59 Å². The minimum absolute atomic E-state index is 0.0417. The minimum atomic E-state index is -1.16. The molecule has 0 saturated carbocycles. The van der Waals surface area contributed by atoms with Crippen LogP contribution in [0.3, 0.4) is 0 Å². The number of nitrogens with two attached hydrogens (primary N) is 1. The quantitative estimate of drug-likeness (QED) is 0.0520. The van der Waals surface area contributed by atoms with E-state index in [1.807, 2.05) is 92.0 Å². The number of rotatable bonds is 19. The SMILES string of the molecule is CC(=O)C(CC(=O)O)NC(=O)OCC1c2ccccc2-c2ccccc21.CC(=O)C(CC=O)NC(=O)OCC1c2ccccc2-c2ccccc21.CNCCCOC.COCCCN. The lowest BCUT2D eigenvalue weighted by atomic mass is 9.98. The molecule has 2 amide bonds. The second kappa shape index (κ2) is 28.4. The van der Waals surface area contributed by atoms with Crippen molar-refractivity contribution in [3.05, 3.63) is 119 Å². The largest absolute Gasteiger partial charge is 0.481 e. The third-order valence-electron chi connectivity index (χ3n) is 10.3. The number of Topliss-reactive ketones (excluding diaryl/α,β-unsaturated/α-hetero) is 2. The van der Waals surface area contributed by atoms with Crippen LogP contribution in [0.15, 0.2) is 97.1 Å². The van der Waals surface area contributed by atoms with E-state index in [1.54, 1.807) is 14.2 Å². The number of methoxy groups -OCH3 is 2. The van der Waals surface area contributed by atoms with Crippen LogP contribution in [-0.4, -0.2) is 114 Å². The molecule has 0 saturated heterocycles. The molecule has 6 rings (SSSR count). The number of aliphatic carboxylic acids is 1. The minimum Gasteiger partial charge on any atom is -0.481 e. The van der Waals surface area contributed by atoms with Gasteiger partial charge in [-0.1, -0.05) is 97.1 Å². The Morgan fingerprint density at radius 3 is 1.33 bits per heavy atom. The molecule has 0 bridgehead atoms. The molecule has 344 valence electrons. The van der Waals surface area contributed by atoms with Crippen molar-refractivity contribution in [2.24, 2.45) is 5.73 Å². The number of carbonyl (C=O) groups is 6. The van der Waals surface area contributed by atoms with Gasteiger partial charge in [0.25, 0.3) is 0 Å². The summed E-state index contributed by atoms with van der Waals surface area (Å²) in [7, 11) is 5.33. The molecule has 0 fully saturated rings. The van der Waals surface area contributed by atoms with Crippen molar-refractivity contribution in [3.63, 3.8) is 0 Å². The van der Waals surface area contributed by atoms with Crippen LogP contribution in [-0.2, 0) is 38.1 Å². The van der Waals surface area contributed by atoms with Crippen LogP contribution < -0.4 is 21.7 Å². The molecule has 0 heterocycles. The van der Waals surface area contributed by atoms with E-state index in [2.05, 4.69) is 28.1 Å². The molecule has 2 aliphatic rings. The summed E-state index contributed by atoms with van der Waals surface area (Å²) in [5, 5.41) is 16.6. The van der Waals surface area contributed by atoms with Gasteiger partial charge in [0.2, 0.25) is 0 Å². The zero-order valence-electron chi connectivity index (χ0n) is 37.3. The van der Waals surface area contributed by atoms with Crippen molar-refractivity contribution in [3.8, 4) is 22.3 Å². The van der Waals surface area contributed by atoms with E-state index in [1.165, 1.54) is 13.8 Å². The number of alkyl carbamates (subject to hydrolysis) is 2. The normalized spacial score (nSPS) is 12.6. The zero-order valence-corrected chi connectivity index (χ0v) is 37.3. The molecule has 2 unspecified atom stereocenters. The lowest BCUT2D eigenvalue weighted by molar-refractivity contribution is -0.139. The number of carboxylic acids is 1. The van der Waals surface area contributed by atoms with Crippen LogP contribution in [0, 0.1) is 0 Å². The molecule has 4 aromatic carbocycles. The molecule has 6 N–H and O–H groups in total. The average molecular weight is 883 g/mol. The topological polar surface area (TPSA) is 222 Å². The van der Waals surface area contributed by atoms with Gasteiger partial charge in [0.15, 0.2) is 11.6 Å². The summed E-state index contributed by atoms with van der Waals surface area (Å²) in [5.41, 5.74) is 14.1. The summed E-state index contributed by atoms with van der Waals surface area (Å²) >= 11 is 0. The van der Waals surface area contributed by atoms with E-state index in [0.29, 0.717) is 6.29 Å². The lowest BCUT2D eigenvalue weighted by Crippen LogP contribution is -2.41. The number of carbonyl (C=O) groups excluding carboxylic acids is 5. The highest BCUT2D eigenvalue weighted by Gasteiger charge is 2.31. The molecule has 15 heteroatoms. The molecule has 64 heavy (non-hydrogen) atoms. The number of fused-ring (bicyclic) bond motifs is 6. The van der Waals surface area contributed by atoms with Gasteiger partial charge in [0, 0.05) is 45.7 Å². The number of nitrogens with one attached hydrogen (secondary N) is 3. The van der Waals surface area contributed by atoms with Crippen LogP contribution in [0.2, 0.25) is 0 Å². The fourth-order valence-electron chi connectivity index (χ4n) is 7.08. The highest BCUT2D eigenvalue weighted by Crippen LogP contribution is 2.45. The Morgan fingerprint density at radius 1 is 0.641 bits per heavy atom. The number of hydrogen-bond donors (Lipinski definition) is 5. The number of hydrogen-bond acceptors (Lipinski definition) is 12. The molecular weight excluding hydrogens is 821 g/mol. The van der Waals surface area contributed by atoms with Crippen molar-refractivity contribution < 1.29 is 52.8 Å². The maximum absolute atomic E-state index is 12.0. The first kappa shape index (κ1) is 52.1. The van der Waals surface area contributed by atoms with Crippen molar-refractivity contribution in [1.82, 2.24) is 16.0 Å². The maximum Gasteiger partial charge on any atom is 0.407 e. The second-order valence-corrected chi connectivity index (χ2v) is 14.9. The van der Waals surface area contributed by atoms with Gasteiger partial charge in [0.1, 0.15) is 25.5 Å². The van der Waals surface area contributed by atoms with Gasteiger partial charge in [-0.05, 0) is 91.3 Å². The van der Waals surface area contributed by atoms with E-state index >= 15 is 0 Å². The van der Waals surface area contributed by atoms with Crippen molar-refractivity contribution >= 4 is 36.0 Å². The van der Waals surface area contributed by atoms with Gasteiger partial charge in [0.05, 0.1) is 12.5 Å². The summed E-state index contributed by atoms with van der Waals surface area (Å²) in [4.78, 5) is 68.3. The molecule has 2 aliphatic carbocycles. The van der Waals surface area contributed by atoms with Crippen LogP contribution >= 0.6 is 0 Å². The standard InChI is InChI=1S/C20H19NO5.C20H19NO4.C5H13NO.C4H11NO/c1-12(22)18(10-19(23)24)21-20(25)26-11-17-15-8-4-2-6-13(15)14-7-3-5-9-16(14)17;1-13(23)19(10-11-22)21-20(24)25-12-18-16-8-4-2-6-14(16)15-7-3-5-9-17(15)18;1-6-4-3-5-7-2;1-6-4-2-3-5/h2-9,17-18H,10-11H2,1H3,(H,21,25)(H,23,24);2-9,11,18-19H,10,12H2,1H3,(H,21,24);6H,3-5H2,1-2H3;2-5H2,1H3. The Labute approximate surface area is 375 Å². The first-order chi connectivity index (χ1) is 30.9. The van der Waals surface area contributed by atoms with Gasteiger partial charge in [-0.25, -0.2) is 9.59 Å². The van der Waals surface area contributed by atoms with E-state index < -0.39 is 42.4 Å². The smallest absolute Gasteiger partial charge is 0.407 e. The average Bonchev–Trinajstić information content (AvgIpc) is 3.79. The molecule has 0 radical (unpaired) electrons. The Morgan fingerprint density at radius 2 is 1.02 bits per heavy atom. The Bertz CT molecular complexity index is 2030. The maximum atomic E-state index is 12.0. The number of aldehydes is 1. The summed E-state index contributed by atoms with van der Waals surface area (Å²) in [6.45, 7) is 6.28. The van der Waals surface area contributed by atoms with Crippen molar-refractivity contribution in [2.75, 3.05) is 60.8 Å². The second-order valence-electron chi connectivity index (χ2n) is 14.9. The van der Waals surface area contributed by atoms with Gasteiger partial charge < -0.3 is 50.5 Å². The number of amides is 2. The fourth-order valence-corrected chi connectivity index (χ4v) is 7.08. The highest BCUT2D eigenvalue weighted by atomic mass is 16.6. The van der Waals surface area contributed by atoms with Crippen LogP contribution in [0.5, 0.6) is 0 Å². The van der Waals surface area contributed by atoms with Gasteiger partial charge in [-0.3, -0.25) is 14.4 Å². The fraction of sp³-hybridized carbons (Fsp3) is 0.388. The number of ether oxygens (including phenoxy) is 4. The Balaban J connectivity index is 0.000000267. The predicted octanol–water partition coefficient (Wildman–Crippen LogP) is 6.25. The lowest BCUT2D eigenvalue weighted by Gasteiger charge is -2.17. The zero-order chi connectivity index (χ0) is 46.9. The molecule has 4 aromatic rings. The first-order valence-electron chi connectivity index (χ1n) is 21.1. The van der Waals surface area contributed by atoms with E-state index in [0.717, 1.165) is 83.7 Å². The van der Waals surface area contributed by atoms with Gasteiger partial charge >= 0.3 is 18.2 Å². The van der Waals surface area contributed by atoms with E-state index in [-0.39, 0.29) is 37.3 Å². The number of benzene rings is 4. The third-order valence-corrected chi connectivity index (χ3v) is 10.3. The summed E-state index contributed by atoms with van der Waals surface area (Å²) in [6.07, 6.45) is 0.662. The highest BCUT2D eigenvalue weighted by molar-refractivity contribution is 5.89. The molecule has 15 nitrogen and oxygen atoms in total. The molecule has 0 aromatic heterocycles. The van der Waals surface area contributed by atoms with Crippen LogP contribution in [0.25, 0.3) is 22.3 Å². The number of carboxylic acid groups (broad SMARTS) is 1. The molecular formula is C49H62N4O11. The Hall–Kier alpha value is -6.26. The van der Waals surface area contributed by atoms with Gasteiger partial charge in [-0.2, -0.15) is 0 Å². The first-order valence-corrected chi connectivity index (χ1v) is 21.1. The predicted molar refractivity (Wildman–Crippen MR) is 244 cm³/mol. The molecule has 2 atom stereocenters. The van der Waals surface area contributed by atoms with Gasteiger partial charge in [-0.15, -0.1) is 0 Å². The molecule has 0 aliphatic heterocycles. The summed E-state index contributed by atoms with van der Waals surface area (Å²) in [6, 6.07) is 30.1. The Kier molecular flexibility index (Phi) is 23.1. The van der Waals surface area contributed by atoms with Crippen molar-refractivity contribution in [1.29, 1.82) is 0 Å². The van der Waals surface area contributed by atoms with E-state index in [4.69, 9.17) is 29.8 Å². The van der Waals surface area contributed by atoms with Crippen molar-refractivity contribution in [2.45, 2.75) is 63.5 Å². The third kappa shape index (κ3) is 16.1. The number of ketones is 2. The summed E-state index contributed by atoms with van der Waals surface area (Å²) in [5.74, 6) is -2.01. The summed E-state index contributed by atoms with van der Waals surface area (Å²) < 4.78 is 20.2. The van der Waals surface area contributed by atoms with Crippen LogP contribution in [0.1, 0.15) is 73.6 Å². The monoisotopic (exact) mass is 882 g/mol. The molecule has 0 spiro atoms.